The number of halogens is 1. The van der Waals surface area contributed by atoms with E-state index in [4.69, 9.17) is 0 Å². The molecule has 0 amide bonds. The third-order valence-corrected chi connectivity index (χ3v) is 5.23. The van der Waals surface area contributed by atoms with Crippen LogP contribution in [0.1, 0.15) is 11.1 Å². The Morgan fingerprint density at radius 2 is 0.917 bits per heavy atom. The second-order valence-corrected chi connectivity index (χ2v) is 6.68. The molecule has 4 heteroatoms. The number of anilines is 2. The maximum Gasteiger partial charge on any atom is 0.0800 e. The smallest absolute Gasteiger partial charge is 0.0800 e. The third kappa shape index (κ3) is 2.99. The van der Waals surface area contributed by atoms with Crippen molar-refractivity contribution in [1.82, 2.24) is 3.33 Å². The van der Waals surface area contributed by atoms with E-state index < -0.39 is 0 Å². The third-order valence-electron chi connectivity index (χ3n) is 4.19. The molecule has 1 aliphatic rings. The van der Waals surface area contributed by atoms with Crippen LogP contribution in [0.3, 0.4) is 0 Å². The Balaban J connectivity index is 1.65. The van der Waals surface area contributed by atoms with E-state index in [1.54, 1.807) is 0 Å². The molecule has 120 valence electrons. The molecule has 0 fully saturated rings. The predicted octanol–water partition coefficient (Wildman–Crippen LogP) is 5.20. The predicted molar refractivity (Wildman–Crippen MR) is 108 cm³/mol. The molecule has 1 aliphatic heterocycles. The molecule has 0 atom stereocenters. The van der Waals surface area contributed by atoms with Gasteiger partial charge in [-0.25, -0.2) is 0 Å². The van der Waals surface area contributed by atoms with Gasteiger partial charge in [-0.15, -0.1) is 0 Å². The molecule has 0 radical (unpaired) electrons. The number of benzene rings is 3. The zero-order valence-electron chi connectivity index (χ0n) is 13.2. The van der Waals surface area contributed by atoms with E-state index in [0.29, 0.717) is 0 Å². The van der Waals surface area contributed by atoms with E-state index >= 15 is 0 Å². The Morgan fingerprint density at radius 1 is 0.542 bits per heavy atom. The molecule has 0 saturated carbocycles. The summed E-state index contributed by atoms with van der Waals surface area (Å²) < 4.78 is 2.20. The molecule has 0 saturated heterocycles. The van der Waals surface area contributed by atoms with Gasteiger partial charge in [0.15, 0.2) is 0 Å². The number of rotatable bonds is 4. The summed E-state index contributed by atoms with van der Waals surface area (Å²) in [5.41, 5.74) is 5.09. The topological polar surface area (TPSA) is 9.72 Å². The molecular weight excluding hydrogens is 409 g/mol. The van der Waals surface area contributed by atoms with Crippen LogP contribution in [-0.4, -0.2) is 3.33 Å². The van der Waals surface area contributed by atoms with Crippen LogP contribution in [0.4, 0.5) is 11.4 Å². The molecule has 3 aromatic carbocycles. The van der Waals surface area contributed by atoms with E-state index in [1.165, 1.54) is 22.5 Å². The Hall–Kier alpha value is -2.05. The highest BCUT2D eigenvalue weighted by Crippen LogP contribution is 2.42. The zero-order valence-corrected chi connectivity index (χ0v) is 15.4. The van der Waals surface area contributed by atoms with Crippen molar-refractivity contribution in [3.63, 3.8) is 0 Å². The minimum atomic E-state index is 0.853. The van der Waals surface area contributed by atoms with Crippen LogP contribution in [0.25, 0.3) is 0 Å². The average molecular weight is 427 g/mol. The van der Waals surface area contributed by atoms with Crippen molar-refractivity contribution in [3.8, 4) is 0 Å². The van der Waals surface area contributed by atoms with Crippen molar-refractivity contribution < 1.29 is 0 Å². The summed E-state index contributed by atoms with van der Waals surface area (Å²) in [6.07, 6.45) is 0. The van der Waals surface area contributed by atoms with Gasteiger partial charge in [0.2, 0.25) is 0 Å². The Morgan fingerprint density at radius 3 is 1.33 bits per heavy atom. The molecule has 1 heterocycles. The van der Waals surface area contributed by atoms with Crippen molar-refractivity contribution in [2.75, 3.05) is 10.0 Å². The van der Waals surface area contributed by atoms with Crippen LogP contribution in [0.2, 0.25) is 0 Å². The number of hydrogen-bond acceptors (Lipinski definition) is 3. The number of fused-ring (bicyclic) bond motifs is 1. The molecular formula is C20H18IN3. The molecule has 0 N–H and O–H groups in total. The summed E-state index contributed by atoms with van der Waals surface area (Å²) in [5.74, 6) is 0. The molecule has 0 unspecified atom stereocenters. The van der Waals surface area contributed by atoms with Crippen LogP contribution < -0.4 is 10.0 Å². The largest absolute Gasteiger partial charge is 0.273 e. The lowest BCUT2D eigenvalue weighted by Crippen LogP contribution is -2.40. The standard InChI is InChI=1S/C20H18IN3/c21-24-22(15-17-9-3-1-4-10-17)19-13-7-8-14-20(19)23(24)16-18-11-5-2-6-12-18/h1-14H,15-16H2. The molecule has 3 nitrogen and oxygen atoms in total. The fraction of sp³-hybridized carbons (Fsp3) is 0.100. The van der Waals surface area contributed by atoms with Crippen LogP contribution in [0.5, 0.6) is 0 Å². The fourth-order valence-electron chi connectivity index (χ4n) is 3.01. The molecule has 0 aliphatic carbocycles. The number of para-hydroxylation sites is 2. The quantitative estimate of drug-likeness (QED) is 0.419. The van der Waals surface area contributed by atoms with E-state index in [2.05, 4.69) is 121 Å². The minimum absolute atomic E-state index is 0.853. The van der Waals surface area contributed by atoms with Gasteiger partial charge in [-0.2, -0.15) is 0 Å². The van der Waals surface area contributed by atoms with Gasteiger partial charge in [0.05, 0.1) is 47.3 Å². The Bertz CT molecular complexity index is 739. The van der Waals surface area contributed by atoms with E-state index in [-0.39, 0.29) is 0 Å². The SMILES string of the molecule is IN1N(Cc2ccccc2)c2ccccc2N1Cc1ccccc1. The van der Waals surface area contributed by atoms with Gasteiger partial charge >= 0.3 is 0 Å². The van der Waals surface area contributed by atoms with Gasteiger partial charge in [0, 0.05) is 0 Å². The van der Waals surface area contributed by atoms with Gasteiger partial charge in [0.25, 0.3) is 0 Å². The van der Waals surface area contributed by atoms with Crippen LogP contribution in [0, 0.1) is 0 Å². The molecule has 24 heavy (non-hydrogen) atoms. The van der Waals surface area contributed by atoms with Gasteiger partial charge < -0.3 is 0 Å². The lowest BCUT2D eigenvalue weighted by molar-refractivity contribution is 0.452. The second-order valence-electron chi connectivity index (χ2n) is 5.82. The first-order valence-electron chi connectivity index (χ1n) is 8.00. The summed E-state index contributed by atoms with van der Waals surface area (Å²) in [6, 6.07) is 29.8. The van der Waals surface area contributed by atoms with Crippen molar-refractivity contribution >= 4 is 34.2 Å². The average Bonchev–Trinajstić information content (AvgIpc) is 2.90. The van der Waals surface area contributed by atoms with Crippen LogP contribution in [0.15, 0.2) is 84.9 Å². The van der Waals surface area contributed by atoms with Crippen molar-refractivity contribution in [2.24, 2.45) is 0 Å². The van der Waals surface area contributed by atoms with Gasteiger partial charge in [-0.3, -0.25) is 10.0 Å². The molecule has 0 aromatic heterocycles. The summed E-state index contributed by atoms with van der Waals surface area (Å²) in [7, 11) is 0. The maximum atomic E-state index is 2.39. The van der Waals surface area contributed by atoms with Crippen LogP contribution >= 0.6 is 22.9 Å². The number of nitrogens with zero attached hydrogens (tertiary/aromatic N) is 3. The lowest BCUT2D eigenvalue weighted by Gasteiger charge is -2.30. The summed E-state index contributed by atoms with van der Waals surface area (Å²) in [5, 5.41) is 4.63. The second kappa shape index (κ2) is 6.83. The zero-order chi connectivity index (χ0) is 16.4. The summed E-state index contributed by atoms with van der Waals surface area (Å²) >= 11 is 2.39. The van der Waals surface area contributed by atoms with Crippen LogP contribution in [-0.2, 0) is 13.1 Å². The van der Waals surface area contributed by atoms with Gasteiger partial charge in [0.1, 0.15) is 0 Å². The van der Waals surface area contributed by atoms with E-state index in [0.717, 1.165) is 13.1 Å². The molecule has 4 rings (SSSR count). The highest BCUT2D eigenvalue weighted by molar-refractivity contribution is 14.1. The summed E-state index contributed by atoms with van der Waals surface area (Å²) in [4.78, 5) is 0. The van der Waals surface area contributed by atoms with Gasteiger partial charge in [-0.05, 0) is 23.3 Å². The first kappa shape index (κ1) is 15.5. The minimum Gasteiger partial charge on any atom is -0.273 e. The first-order chi connectivity index (χ1) is 11.8. The summed E-state index contributed by atoms with van der Waals surface area (Å²) in [6.45, 7) is 1.71. The molecule has 3 aromatic rings. The molecule has 0 spiro atoms. The van der Waals surface area contributed by atoms with E-state index in [9.17, 15) is 0 Å². The Kier molecular flexibility index (Phi) is 4.40. The lowest BCUT2D eigenvalue weighted by atomic mass is 10.2. The van der Waals surface area contributed by atoms with Gasteiger partial charge in [-0.1, -0.05) is 76.1 Å². The fourth-order valence-corrected chi connectivity index (χ4v) is 3.78. The van der Waals surface area contributed by atoms with Crippen molar-refractivity contribution in [3.05, 3.63) is 96.1 Å². The monoisotopic (exact) mass is 427 g/mol. The normalized spacial score (nSPS) is 14.0. The number of hydrazine groups is 2. The van der Waals surface area contributed by atoms with Crippen molar-refractivity contribution in [1.29, 1.82) is 0 Å². The van der Waals surface area contributed by atoms with Crippen molar-refractivity contribution in [2.45, 2.75) is 13.1 Å². The van der Waals surface area contributed by atoms with E-state index in [1.807, 2.05) is 0 Å². The first-order valence-corrected chi connectivity index (χ1v) is 8.97. The highest BCUT2D eigenvalue weighted by Gasteiger charge is 2.32. The maximum absolute atomic E-state index is 2.39. The molecule has 0 bridgehead atoms. The Labute approximate surface area is 156 Å². The number of hydrogen-bond donors (Lipinski definition) is 0. The highest BCUT2D eigenvalue weighted by atomic mass is 127.